The first-order valence-electron chi connectivity index (χ1n) is 8.29. The molecule has 1 aromatic rings. The van der Waals surface area contributed by atoms with Gasteiger partial charge in [0, 0.05) is 18.5 Å². The highest BCUT2D eigenvalue weighted by molar-refractivity contribution is 5.92. The largest absolute Gasteiger partial charge is 0.495 e. The van der Waals surface area contributed by atoms with E-state index in [0.29, 0.717) is 24.1 Å². The number of benzene rings is 1. The fraction of sp³-hybridized carbons (Fsp3) is 0.611. The summed E-state index contributed by atoms with van der Waals surface area (Å²) in [7, 11) is 1.61. The predicted octanol–water partition coefficient (Wildman–Crippen LogP) is 3.58. The van der Waals surface area contributed by atoms with Gasteiger partial charge in [-0.05, 0) is 37.8 Å². The number of ether oxygens (including phenoxy) is 1. The lowest BCUT2D eigenvalue weighted by molar-refractivity contribution is -0.116. The molecule has 1 aliphatic rings. The third-order valence-corrected chi connectivity index (χ3v) is 4.48. The molecule has 122 valence electrons. The Morgan fingerprint density at radius 2 is 2.05 bits per heavy atom. The molecular formula is C18H28N2O2. The van der Waals surface area contributed by atoms with Crippen LogP contribution in [0.25, 0.3) is 0 Å². The Balaban J connectivity index is 1.83. The number of carbonyl (C=O) groups excluding carboxylic acids is 1. The first kappa shape index (κ1) is 16.8. The lowest BCUT2D eigenvalue weighted by Crippen LogP contribution is -2.43. The molecule has 0 bridgehead atoms. The summed E-state index contributed by atoms with van der Waals surface area (Å²) in [5.41, 5.74) is 0.730. The third kappa shape index (κ3) is 4.73. The highest BCUT2D eigenvalue weighted by Gasteiger charge is 2.23. The number of rotatable bonds is 6. The molecule has 0 spiro atoms. The molecular weight excluding hydrogens is 276 g/mol. The smallest absolute Gasteiger partial charge is 0.226 e. The van der Waals surface area contributed by atoms with Gasteiger partial charge in [-0.1, -0.05) is 31.9 Å². The molecule has 4 nitrogen and oxygen atoms in total. The fourth-order valence-corrected chi connectivity index (χ4v) is 3.22. The van der Waals surface area contributed by atoms with E-state index in [9.17, 15) is 4.79 Å². The van der Waals surface area contributed by atoms with E-state index in [-0.39, 0.29) is 11.9 Å². The SMILES string of the molecule is COc1ccccc1NC(=O)C[C@H](C)N[C@@H]1CCCC[C@@H]1C. The molecule has 1 fully saturated rings. The minimum absolute atomic E-state index is 0.0213. The quantitative estimate of drug-likeness (QED) is 0.844. The van der Waals surface area contributed by atoms with E-state index < -0.39 is 0 Å². The molecule has 1 saturated carbocycles. The summed E-state index contributed by atoms with van der Waals surface area (Å²) >= 11 is 0. The first-order chi connectivity index (χ1) is 10.6. The van der Waals surface area contributed by atoms with Crippen LogP contribution in [0.3, 0.4) is 0 Å². The van der Waals surface area contributed by atoms with Crippen LogP contribution in [-0.2, 0) is 4.79 Å². The second-order valence-electron chi connectivity index (χ2n) is 6.39. The number of para-hydroxylation sites is 2. The summed E-state index contributed by atoms with van der Waals surface area (Å²) in [6, 6.07) is 8.22. The van der Waals surface area contributed by atoms with Crippen LogP contribution in [0.1, 0.15) is 46.0 Å². The van der Waals surface area contributed by atoms with Crippen molar-refractivity contribution >= 4 is 11.6 Å². The van der Waals surface area contributed by atoms with Crippen LogP contribution < -0.4 is 15.4 Å². The molecule has 4 heteroatoms. The third-order valence-electron chi connectivity index (χ3n) is 4.48. The summed E-state index contributed by atoms with van der Waals surface area (Å²) in [5.74, 6) is 1.42. The summed E-state index contributed by atoms with van der Waals surface area (Å²) in [6.07, 6.45) is 5.61. The van der Waals surface area contributed by atoms with Crippen molar-refractivity contribution in [1.29, 1.82) is 0 Å². The number of methoxy groups -OCH3 is 1. The average Bonchev–Trinajstić information content (AvgIpc) is 2.50. The number of hydrogen-bond acceptors (Lipinski definition) is 3. The summed E-state index contributed by atoms with van der Waals surface area (Å²) in [5, 5.41) is 6.56. The van der Waals surface area contributed by atoms with Crippen LogP contribution in [0, 0.1) is 5.92 Å². The Morgan fingerprint density at radius 3 is 2.77 bits per heavy atom. The molecule has 0 aliphatic heterocycles. The van der Waals surface area contributed by atoms with Gasteiger partial charge < -0.3 is 15.4 Å². The van der Waals surface area contributed by atoms with Crippen molar-refractivity contribution < 1.29 is 9.53 Å². The first-order valence-corrected chi connectivity index (χ1v) is 8.29. The molecule has 1 aliphatic carbocycles. The zero-order chi connectivity index (χ0) is 15.9. The number of amides is 1. The van der Waals surface area contributed by atoms with Gasteiger partial charge in [0.25, 0.3) is 0 Å². The van der Waals surface area contributed by atoms with E-state index in [1.54, 1.807) is 7.11 Å². The van der Waals surface area contributed by atoms with Crippen molar-refractivity contribution in [2.45, 2.75) is 58.0 Å². The zero-order valence-corrected chi connectivity index (χ0v) is 13.9. The molecule has 0 saturated heterocycles. The molecule has 22 heavy (non-hydrogen) atoms. The lowest BCUT2D eigenvalue weighted by atomic mass is 9.85. The van der Waals surface area contributed by atoms with E-state index in [1.165, 1.54) is 25.7 Å². The van der Waals surface area contributed by atoms with Gasteiger partial charge in [-0.15, -0.1) is 0 Å². The topological polar surface area (TPSA) is 50.4 Å². The molecule has 0 unspecified atom stereocenters. The van der Waals surface area contributed by atoms with Gasteiger partial charge >= 0.3 is 0 Å². The maximum Gasteiger partial charge on any atom is 0.226 e. The maximum absolute atomic E-state index is 12.2. The van der Waals surface area contributed by atoms with Crippen molar-refractivity contribution in [3.63, 3.8) is 0 Å². The highest BCUT2D eigenvalue weighted by atomic mass is 16.5. The zero-order valence-electron chi connectivity index (χ0n) is 13.9. The monoisotopic (exact) mass is 304 g/mol. The van der Waals surface area contributed by atoms with Crippen LogP contribution in [0.15, 0.2) is 24.3 Å². The second kappa shape index (κ2) is 8.18. The summed E-state index contributed by atoms with van der Waals surface area (Å²) in [6.45, 7) is 4.39. The molecule has 1 amide bonds. The Bertz CT molecular complexity index is 490. The minimum Gasteiger partial charge on any atom is -0.495 e. The van der Waals surface area contributed by atoms with Crippen molar-refractivity contribution in [1.82, 2.24) is 5.32 Å². The van der Waals surface area contributed by atoms with Crippen LogP contribution in [0.2, 0.25) is 0 Å². The number of nitrogens with one attached hydrogen (secondary N) is 2. The van der Waals surface area contributed by atoms with Crippen molar-refractivity contribution in [3.05, 3.63) is 24.3 Å². The molecule has 2 rings (SSSR count). The predicted molar refractivity (Wildman–Crippen MR) is 90.3 cm³/mol. The van der Waals surface area contributed by atoms with Crippen LogP contribution in [-0.4, -0.2) is 25.1 Å². The molecule has 1 aromatic carbocycles. The van der Waals surface area contributed by atoms with Crippen molar-refractivity contribution in [2.75, 3.05) is 12.4 Å². The summed E-state index contributed by atoms with van der Waals surface area (Å²) < 4.78 is 5.26. The maximum atomic E-state index is 12.2. The van der Waals surface area contributed by atoms with Gasteiger partial charge in [-0.3, -0.25) is 4.79 Å². The summed E-state index contributed by atoms with van der Waals surface area (Å²) in [4.78, 5) is 12.2. The van der Waals surface area contributed by atoms with Crippen LogP contribution in [0.4, 0.5) is 5.69 Å². The minimum atomic E-state index is 0.0213. The molecule has 2 N–H and O–H groups in total. The number of carbonyl (C=O) groups is 1. The number of anilines is 1. The van der Waals surface area contributed by atoms with Crippen LogP contribution in [0.5, 0.6) is 5.75 Å². The second-order valence-corrected chi connectivity index (χ2v) is 6.39. The van der Waals surface area contributed by atoms with Crippen LogP contribution >= 0.6 is 0 Å². The van der Waals surface area contributed by atoms with Crippen molar-refractivity contribution in [3.8, 4) is 5.75 Å². The lowest BCUT2D eigenvalue weighted by Gasteiger charge is -2.32. The van der Waals surface area contributed by atoms with E-state index in [1.807, 2.05) is 24.3 Å². The van der Waals surface area contributed by atoms with Gasteiger partial charge in [-0.25, -0.2) is 0 Å². The van der Waals surface area contributed by atoms with E-state index in [2.05, 4.69) is 24.5 Å². The Kier molecular flexibility index (Phi) is 6.25. The molecule has 3 atom stereocenters. The van der Waals surface area contributed by atoms with Gasteiger partial charge in [0.1, 0.15) is 5.75 Å². The fourth-order valence-electron chi connectivity index (χ4n) is 3.22. The molecule has 0 radical (unpaired) electrons. The molecule has 0 aromatic heterocycles. The standard InChI is InChI=1S/C18H28N2O2/c1-13-8-4-5-9-15(13)19-14(2)12-18(21)20-16-10-6-7-11-17(16)22-3/h6-7,10-11,13-15,19H,4-5,8-9,12H2,1-3H3,(H,20,21)/t13-,14-,15+/m0/s1. The van der Waals surface area contributed by atoms with E-state index in [0.717, 1.165) is 5.69 Å². The number of hydrogen-bond donors (Lipinski definition) is 2. The van der Waals surface area contributed by atoms with Gasteiger partial charge in [0.2, 0.25) is 5.91 Å². The van der Waals surface area contributed by atoms with Gasteiger partial charge in [-0.2, -0.15) is 0 Å². The van der Waals surface area contributed by atoms with E-state index >= 15 is 0 Å². The highest BCUT2D eigenvalue weighted by Crippen LogP contribution is 2.25. The normalized spacial score (nSPS) is 22.9. The van der Waals surface area contributed by atoms with E-state index in [4.69, 9.17) is 4.74 Å². The Labute approximate surface area is 133 Å². The Hall–Kier alpha value is -1.55. The van der Waals surface area contributed by atoms with Gasteiger partial charge in [0.05, 0.1) is 12.8 Å². The molecule has 0 heterocycles. The average molecular weight is 304 g/mol. The van der Waals surface area contributed by atoms with Crippen molar-refractivity contribution in [2.24, 2.45) is 5.92 Å². The Morgan fingerprint density at radius 1 is 1.32 bits per heavy atom. The van der Waals surface area contributed by atoms with Gasteiger partial charge in [0.15, 0.2) is 0 Å².